The quantitative estimate of drug-likeness (QED) is 0.747. The van der Waals surface area contributed by atoms with Crippen molar-refractivity contribution < 1.29 is 13.2 Å². The highest BCUT2D eigenvalue weighted by molar-refractivity contribution is 7.88. The predicted octanol–water partition coefficient (Wildman–Crippen LogP) is 0.577. The van der Waals surface area contributed by atoms with Crippen molar-refractivity contribution in [3.63, 3.8) is 0 Å². The number of fused-ring (bicyclic) bond motifs is 1. The topological polar surface area (TPSA) is 86.7 Å². The maximum Gasteiger partial charge on any atom is 0.231 e. The Hall–Kier alpha value is -1.74. The first-order valence-electron chi connectivity index (χ1n) is 9.58. The highest BCUT2D eigenvalue weighted by Gasteiger charge is 2.65. The van der Waals surface area contributed by atoms with Gasteiger partial charge < -0.3 is 9.80 Å². The molecule has 3 saturated heterocycles. The lowest BCUT2D eigenvalue weighted by atomic mass is 9.60. The summed E-state index contributed by atoms with van der Waals surface area (Å²) in [6.07, 6.45) is 6.93. The van der Waals surface area contributed by atoms with Crippen LogP contribution in [-0.2, 0) is 14.8 Å². The normalized spacial score (nSPS) is 28.6. The Labute approximate surface area is 160 Å². The van der Waals surface area contributed by atoms with Crippen LogP contribution in [0.2, 0.25) is 0 Å². The molecule has 1 atom stereocenters. The van der Waals surface area contributed by atoms with E-state index in [1.165, 1.54) is 6.26 Å². The van der Waals surface area contributed by atoms with E-state index >= 15 is 0 Å². The van der Waals surface area contributed by atoms with Crippen molar-refractivity contribution in [1.82, 2.24) is 19.2 Å². The first kappa shape index (κ1) is 18.6. The molecule has 0 saturated carbocycles. The summed E-state index contributed by atoms with van der Waals surface area (Å²) in [7, 11) is -3.20. The number of nitrogens with zero attached hydrogens (tertiary/aromatic N) is 5. The number of rotatable bonds is 3. The molecule has 0 unspecified atom stereocenters. The van der Waals surface area contributed by atoms with E-state index in [0.717, 1.165) is 13.0 Å². The van der Waals surface area contributed by atoms with Gasteiger partial charge in [0, 0.05) is 57.1 Å². The van der Waals surface area contributed by atoms with Gasteiger partial charge >= 0.3 is 0 Å². The van der Waals surface area contributed by atoms with E-state index in [1.807, 2.05) is 11.8 Å². The van der Waals surface area contributed by atoms with Crippen molar-refractivity contribution in [3.05, 3.63) is 18.5 Å². The molecule has 0 bridgehead atoms. The van der Waals surface area contributed by atoms with Crippen LogP contribution in [0.1, 0.15) is 26.2 Å². The number of carbonyl (C=O) groups excluding carboxylic acids is 1. The summed E-state index contributed by atoms with van der Waals surface area (Å²) in [4.78, 5) is 26.3. The van der Waals surface area contributed by atoms with Gasteiger partial charge in [0.15, 0.2) is 0 Å². The van der Waals surface area contributed by atoms with Crippen molar-refractivity contribution >= 4 is 21.9 Å². The highest BCUT2D eigenvalue weighted by Crippen LogP contribution is 2.58. The molecule has 1 amide bonds. The molecular weight excluding hydrogens is 366 g/mol. The number of piperidine rings is 1. The summed E-state index contributed by atoms with van der Waals surface area (Å²) in [5.41, 5.74) is -0.694. The maximum atomic E-state index is 13.4. The number of sulfonamides is 1. The molecule has 4 rings (SSSR count). The molecule has 3 aliphatic rings. The second-order valence-corrected chi connectivity index (χ2v) is 10.0. The van der Waals surface area contributed by atoms with Gasteiger partial charge in [-0.3, -0.25) is 4.79 Å². The van der Waals surface area contributed by atoms with Crippen molar-refractivity contribution in [2.24, 2.45) is 10.8 Å². The molecule has 3 fully saturated rings. The predicted molar refractivity (Wildman–Crippen MR) is 102 cm³/mol. The van der Waals surface area contributed by atoms with Crippen LogP contribution in [0.5, 0.6) is 0 Å². The molecule has 27 heavy (non-hydrogen) atoms. The van der Waals surface area contributed by atoms with Gasteiger partial charge in [-0.25, -0.2) is 22.7 Å². The molecule has 1 aromatic heterocycles. The first-order chi connectivity index (χ1) is 12.8. The van der Waals surface area contributed by atoms with Crippen LogP contribution in [0.3, 0.4) is 0 Å². The van der Waals surface area contributed by atoms with Crippen LogP contribution in [0, 0.1) is 10.8 Å². The number of amides is 1. The Morgan fingerprint density at radius 1 is 1.07 bits per heavy atom. The molecule has 1 aromatic rings. The van der Waals surface area contributed by atoms with E-state index in [9.17, 15) is 13.2 Å². The van der Waals surface area contributed by atoms with E-state index in [-0.39, 0.29) is 11.3 Å². The van der Waals surface area contributed by atoms with Gasteiger partial charge in [0.05, 0.1) is 11.7 Å². The van der Waals surface area contributed by atoms with Crippen molar-refractivity contribution in [1.29, 1.82) is 0 Å². The highest BCUT2D eigenvalue weighted by atomic mass is 32.2. The number of hydrogen-bond donors (Lipinski definition) is 0. The smallest absolute Gasteiger partial charge is 0.231 e. The monoisotopic (exact) mass is 393 g/mol. The van der Waals surface area contributed by atoms with E-state index < -0.39 is 15.4 Å². The zero-order valence-electron chi connectivity index (χ0n) is 16.0. The fourth-order valence-electron chi connectivity index (χ4n) is 5.32. The molecule has 4 heterocycles. The van der Waals surface area contributed by atoms with Gasteiger partial charge in [0.2, 0.25) is 21.9 Å². The number of anilines is 1. The standard InChI is InChI=1S/C18H27N5O3S/c1-3-21-10-7-18(15(21)24)14-22(16-19-8-4-9-20-16)13-17(18)5-11-23(12-6-17)27(2,25)26/h4,8-9H,3,5-7,10-14H2,1-2H3/t18-/m0/s1. The minimum absolute atomic E-state index is 0.219. The summed E-state index contributed by atoms with van der Waals surface area (Å²) in [6, 6.07) is 1.79. The van der Waals surface area contributed by atoms with Crippen LogP contribution in [0.25, 0.3) is 0 Å². The van der Waals surface area contributed by atoms with Crippen molar-refractivity contribution in [2.75, 3.05) is 50.4 Å². The Morgan fingerprint density at radius 3 is 2.30 bits per heavy atom. The van der Waals surface area contributed by atoms with Gasteiger partial charge in [-0.05, 0) is 32.3 Å². The van der Waals surface area contributed by atoms with Gasteiger partial charge in [-0.1, -0.05) is 0 Å². The number of hydrogen-bond acceptors (Lipinski definition) is 6. The third-order valence-electron chi connectivity index (χ3n) is 6.84. The molecule has 2 spiro atoms. The third-order valence-corrected chi connectivity index (χ3v) is 8.14. The minimum Gasteiger partial charge on any atom is -0.342 e. The Morgan fingerprint density at radius 2 is 1.74 bits per heavy atom. The lowest BCUT2D eigenvalue weighted by Crippen LogP contribution is -2.53. The van der Waals surface area contributed by atoms with Gasteiger partial charge in [-0.15, -0.1) is 0 Å². The Balaban J connectivity index is 1.69. The van der Waals surface area contributed by atoms with Crippen molar-refractivity contribution in [3.8, 4) is 0 Å². The molecule has 9 heteroatoms. The zero-order valence-corrected chi connectivity index (χ0v) is 16.8. The van der Waals surface area contributed by atoms with Gasteiger partial charge in [0.1, 0.15) is 0 Å². The Kier molecular flexibility index (Phi) is 4.42. The van der Waals surface area contributed by atoms with E-state index in [1.54, 1.807) is 22.8 Å². The average molecular weight is 394 g/mol. The lowest BCUT2D eigenvalue weighted by Gasteiger charge is -2.46. The third kappa shape index (κ3) is 2.82. The maximum absolute atomic E-state index is 13.4. The van der Waals surface area contributed by atoms with Crippen LogP contribution < -0.4 is 4.90 Å². The average Bonchev–Trinajstić information content (AvgIpc) is 3.15. The van der Waals surface area contributed by atoms with E-state index in [4.69, 9.17) is 0 Å². The summed E-state index contributed by atoms with van der Waals surface area (Å²) < 4.78 is 25.5. The fourth-order valence-corrected chi connectivity index (χ4v) is 6.17. The fraction of sp³-hybridized carbons (Fsp3) is 0.722. The zero-order chi connectivity index (χ0) is 19.3. The van der Waals surface area contributed by atoms with Crippen LogP contribution in [0.15, 0.2) is 18.5 Å². The number of carbonyl (C=O) groups is 1. The molecular formula is C18H27N5O3S. The number of likely N-dealkylation sites (tertiary alicyclic amines) is 1. The molecule has 148 valence electrons. The molecule has 8 nitrogen and oxygen atoms in total. The molecule has 0 aromatic carbocycles. The van der Waals surface area contributed by atoms with Crippen LogP contribution in [0.4, 0.5) is 5.95 Å². The first-order valence-corrected chi connectivity index (χ1v) is 11.4. The van der Waals surface area contributed by atoms with E-state index in [2.05, 4.69) is 14.9 Å². The van der Waals surface area contributed by atoms with Crippen molar-refractivity contribution in [2.45, 2.75) is 26.2 Å². The number of aromatic nitrogens is 2. The molecule has 3 aliphatic heterocycles. The second-order valence-electron chi connectivity index (χ2n) is 8.06. The summed E-state index contributed by atoms with van der Waals surface area (Å²) in [5.74, 6) is 0.873. The summed E-state index contributed by atoms with van der Waals surface area (Å²) in [6.45, 7) is 5.78. The lowest BCUT2D eigenvalue weighted by molar-refractivity contribution is -0.141. The van der Waals surface area contributed by atoms with Crippen LogP contribution in [-0.4, -0.2) is 79.0 Å². The largest absolute Gasteiger partial charge is 0.342 e. The minimum atomic E-state index is -3.20. The van der Waals surface area contributed by atoms with Gasteiger partial charge in [0.25, 0.3) is 0 Å². The second kappa shape index (κ2) is 6.41. The summed E-state index contributed by atoms with van der Waals surface area (Å²) >= 11 is 0. The molecule has 0 aliphatic carbocycles. The van der Waals surface area contributed by atoms with E-state index in [0.29, 0.717) is 51.5 Å². The molecule has 0 N–H and O–H groups in total. The molecule has 0 radical (unpaired) electrons. The summed E-state index contributed by atoms with van der Waals surface area (Å²) in [5, 5.41) is 0. The SMILES string of the molecule is CCN1CC[C@]2(CN(c3ncccn3)CC23CCN(S(C)(=O)=O)CC3)C1=O. The van der Waals surface area contributed by atoms with Crippen LogP contribution >= 0.6 is 0 Å². The van der Waals surface area contributed by atoms with Gasteiger partial charge in [-0.2, -0.15) is 0 Å². The Bertz CT molecular complexity index is 823.